The molecule has 27 heavy (non-hydrogen) atoms. The highest BCUT2D eigenvalue weighted by Crippen LogP contribution is 2.15. The van der Waals surface area contributed by atoms with E-state index in [1.807, 2.05) is 0 Å². The van der Waals surface area contributed by atoms with Gasteiger partial charge in [0.15, 0.2) is 0 Å². The second kappa shape index (κ2) is 22.2. The van der Waals surface area contributed by atoms with E-state index in [2.05, 4.69) is 6.92 Å². The Morgan fingerprint density at radius 3 is 1.15 bits per heavy atom. The first-order valence-corrected chi connectivity index (χ1v) is 12.3. The molecule has 0 aromatic heterocycles. The molecule has 0 aliphatic carbocycles. The van der Waals surface area contributed by atoms with Gasteiger partial charge in [-0.2, -0.15) is 0 Å². The van der Waals surface area contributed by atoms with Gasteiger partial charge in [-0.1, -0.05) is 129 Å². The van der Waals surface area contributed by atoms with Gasteiger partial charge in [-0.05, 0) is 6.42 Å². The number of hydrogen-bond acceptors (Lipinski definition) is 3. The van der Waals surface area contributed by atoms with Gasteiger partial charge in [-0.3, -0.25) is 0 Å². The molecule has 0 rings (SSSR count). The highest BCUT2D eigenvalue weighted by Gasteiger charge is 2.12. The summed E-state index contributed by atoms with van der Waals surface area (Å²) in [5, 5.41) is 18.6. The zero-order valence-electron chi connectivity index (χ0n) is 18.5. The molecule has 2 atom stereocenters. The van der Waals surface area contributed by atoms with Crippen LogP contribution in [0.25, 0.3) is 0 Å². The molecule has 0 saturated heterocycles. The monoisotopic (exact) mass is 385 g/mol. The van der Waals surface area contributed by atoms with E-state index in [1.165, 1.54) is 116 Å². The molecule has 0 aromatic carbocycles. The van der Waals surface area contributed by atoms with Gasteiger partial charge in [-0.25, -0.2) is 0 Å². The summed E-state index contributed by atoms with van der Waals surface area (Å²) >= 11 is 0. The predicted octanol–water partition coefficient (Wildman–Crippen LogP) is 6.49. The molecule has 0 spiro atoms. The first kappa shape index (κ1) is 26.9. The van der Waals surface area contributed by atoms with E-state index < -0.39 is 12.1 Å². The van der Waals surface area contributed by atoms with E-state index >= 15 is 0 Å². The molecule has 3 nitrogen and oxygen atoms in total. The summed E-state index contributed by atoms with van der Waals surface area (Å²) in [5.74, 6) is 0. The van der Waals surface area contributed by atoms with Crippen LogP contribution in [-0.4, -0.2) is 29.0 Å². The third-order valence-electron chi connectivity index (χ3n) is 5.81. The predicted molar refractivity (Wildman–Crippen MR) is 119 cm³/mol. The van der Waals surface area contributed by atoms with Gasteiger partial charge >= 0.3 is 0 Å². The number of rotatable bonds is 22. The van der Waals surface area contributed by atoms with Gasteiger partial charge in [-0.15, -0.1) is 0 Å². The first-order chi connectivity index (χ1) is 13.2. The van der Waals surface area contributed by atoms with Crippen molar-refractivity contribution in [3.8, 4) is 0 Å². The van der Waals surface area contributed by atoms with E-state index in [4.69, 9.17) is 10.8 Å². The lowest BCUT2D eigenvalue weighted by molar-refractivity contribution is 0.0990. The number of hydrogen-bond donors (Lipinski definition) is 3. The third-order valence-corrected chi connectivity index (χ3v) is 5.81. The van der Waals surface area contributed by atoms with Gasteiger partial charge in [0.2, 0.25) is 0 Å². The zero-order valence-corrected chi connectivity index (χ0v) is 18.5. The van der Waals surface area contributed by atoms with Crippen molar-refractivity contribution in [2.24, 2.45) is 5.73 Å². The molecule has 4 N–H and O–H groups in total. The standard InChI is InChI=1S/C24H51NO2/c1-2-3-4-5-6-7-8-9-10-11-12-13-14-15-16-17-18-19-20-21-24(27)23(25)22-26/h23-24,26-27H,2-22,25H2,1H3/t23-,24+/m0/s1. The topological polar surface area (TPSA) is 66.5 Å². The third kappa shape index (κ3) is 20.4. The fraction of sp³-hybridized carbons (Fsp3) is 1.00. The molecule has 3 heteroatoms. The van der Waals surface area contributed by atoms with E-state index in [0.29, 0.717) is 0 Å². The average molecular weight is 386 g/mol. The summed E-state index contributed by atoms with van der Waals surface area (Å²) in [4.78, 5) is 0. The van der Waals surface area contributed by atoms with Crippen LogP contribution in [-0.2, 0) is 0 Å². The molecule has 0 fully saturated rings. The van der Waals surface area contributed by atoms with E-state index in [1.54, 1.807) is 0 Å². The number of unbranched alkanes of at least 4 members (excludes halogenated alkanes) is 18. The van der Waals surface area contributed by atoms with E-state index in [-0.39, 0.29) is 6.61 Å². The van der Waals surface area contributed by atoms with Crippen molar-refractivity contribution in [3.05, 3.63) is 0 Å². The molecule has 0 aromatic rings. The maximum atomic E-state index is 9.68. The molecule has 0 aliphatic heterocycles. The second-order valence-electron chi connectivity index (χ2n) is 8.57. The van der Waals surface area contributed by atoms with Crippen molar-refractivity contribution < 1.29 is 10.2 Å². The summed E-state index contributed by atoms with van der Waals surface area (Å²) in [6, 6.07) is -0.472. The maximum Gasteiger partial charge on any atom is 0.0713 e. The molecule has 0 heterocycles. The minimum Gasteiger partial charge on any atom is -0.395 e. The quantitative estimate of drug-likeness (QED) is 0.187. The Hall–Kier alpha value is -0.120. The Morgan fingerprint density at radius 2 is 0.852 bits per heavy atom. The Labute approximate surface area is 170 Å². The SMILES string of the molecule is CCCCCCCCCCCCCCCCCCCCC[C@@H](O)[C@@H](N)CO. The number of aliphatic hydroxyl groups excluding tert-OH is 2. The molecular weight excluding hydrogens is 334 g/mol. The highest BCUT2D eigenvalue weighted by molar-refractivity contribution is 4.70. The van der Waals surface area contributed by atoms with Crippen molar-refractivity contribution >= 4 is 0 Å². The van der Waals surface area contributed by atoms with Gasteiger partial charge in [0.1, 0.15) is 0 Å². The van der Waals surface area contributed by atoms with Gasteiger partial charge in [0.05, 0.1) is 18.8 Å². The van der Waals surface area contributed by atoms with Crippen LogP contribution in [0, 0.1) is 0 Å². The number of aliphatic hydroxyl groups is 2. The van der Waals surface area contributed by atoms with Gasteiger partial charge in [0, 0.05) is 0 Å². The molecular formula is C24H51NO2. The van der Waals surface area contributed by atoms with Crippen molar-refractivity contribution in [2.75, 3.05) is 6.61 Å². The second-order valence-corrected chi connectivity index (χ2v) is 8.57. The van der Waals surface area contributed by atoms with Crippen molar-refractivity contribution in [1.82, 2.24) is 0 Å². The smallest absolute Gasteiger partial charge is 0.0713 e. The Bertz CT molecular complexity index is 273. The van der Waals surface area contributed by atoms with E-state index in [9.17, 15) is 5.11 Å². The van der Waals surface area contributed by atoms with Gasteiger partial charge < -0.3 is 15.9 Å². The van der Waals surface area contributed by atoms with Crippen molar-refractivity contribution in [3.63, 3.8) is 0 Å². The molecule has 0 bridgehead atoms. The largest absolute Gasteiger partial charge is 0.395 e. The van der Waals surface area contributed by atoms with Crippen LogP contribution in [0.3, 0.4) is 0 Å². The maximum absolute atomic E-state index is 9.68. The Balaban J connectivity index is 3.07. The Kier molecular flexibility index (Phi) is 22.1. The molecule has 0 amide bonds. The normalized spacial score (nSPS) is 13.8. The highest BCUT2D eigenvalue weighted by atomic mass is 16.3. The van der Waals surface area contributed by atoms with Crippen LogP contribution < -0.4 is 5.73 Å². The molecule has 0 aliphatic rings. The fourth-order valence-corrected chi connectivity index (χ4v) is 3.77. The summed E-state index contributed by atoms with van der Waals surface area (Å²) < 4.78 is 0. The first-order valence-electron chi connectivity index (χ1n) is 12.3. The lowest BCUT2D eigenvalue weighted by atomic mass is 10.0. The van der Waals surface area contributed by atoms with Crippen LogP contribution in [0.2, 0.25) is 0 Å². The van der Waals surface area contributed by atoms with Crippen LogP contribution in [0.5, 0.6) is 0 Å². The van der Waals surface area contributed by atoms with Crippen LogP contribution in [0.4, 0.5) is 0 Å². The number of nitrogens with two attached hydrogens (primary N) is 1. The molecule has 164 valence electrons. The minimum absolute atomic E-state index is 0.125. The summed E-state index contributed by atoms with van der Waals surface area (Å²) in [6.07, 6.45) is 26.3. The van der Waals surface area contributed by atoms with Crippen LogP contribution >= 0.6 is 0 Å². The zero-order chi connectivity index (χ0) is 20.0. The fourth-order valence-electron chi connectivity index (χ4n) is 3.77. The van der Waals surface area contributed by atoms with Crippen molar-refractivity contribution in [2.45, 2.75) is 147 Å². The van der Waals surface area contributed by atoms with Crippen molar-refractivity contribution in [1.29, 1.82) is 0 Å². The van der Waals surface area contributed by atoms with Crippen LogP contribution in [0.1, 0.15) is 135 Å². The lowest BCUT2D eigenvalue weighted by Crippen LogP contribution is -2.37. The molecule has 0 unspecified atom stereocenters. The lowest BCUT2D eigenvalue weighted by Gasteiger charge is -2.15. The van der Waals surface area contributed by atoms with Gasteiger partial charge in [0.25, 0.3) is 0 Å². The van der Waals surface area contributed by atoms with E-state index in [0.717, 1.165) is 12.8 Å². The average Bonchev–Trinajstić information content (AvgIpc) is 2.68. The Morgan fingerprint density at radius 1 is 0.556 bits per heavy atom. The minimum atomic E-state index is -0.541. The molecule has 0 saturated carbocycles. The molecule has 0 radical (unpaired) electrons. The summed E-state index contributed by atoms with van der Waals surface area (Å²) in [7, 11) is 0. The summed E-state index contributed by atoms with van der Waals surface area (Å²) in [5.41, 5.74) is 5.60. The summed E-state index contributed by atoms with van der Waals surface area (Å²) in [6.45, 7) is 2.16. The van der Waals surface area contributed by atoms with Crippen LogP contribution in [0.15, 0.2) is 0 Å².